The molecule has 0 saturated carbocycles. The number of carbonyl (C=O) groups excluding carboxylic acids is 2. The van der Waals surface area contributed by atoms with Crippen LogP contribution in [0, 0.1) is 12.8 Å². The van der Waals surface area contributed by atoms with Gasteiger partial charge in [-0.3, -0.25) is 9.59 Å². The smallest absolute Gasteiger partial charge is 0.265 e. The van der Waals surface area contributed by atoms with Crippen LogP contribution < -0.4 is 15.4 Å². The van der Waals surface area contributed by atoms with E-state index in [2.05, 4.69) is 10.6 Å². The highest BCUT2D eigenvalue weighted by molar-refractivity contribution is 7.89. The van der Waals surface area contributed by atoms with E-state index in [0.717, 1.165) is 0 Å². The third-order valence-corrected chi connectivity index (χ3v) is 8.02. The van der Waals surface area contributed by atoms with E-state index in [4.69, 9.17) is 16.3 Å². The van der Waals surface area contributed by atoms with Gasteiger partial charge in [0.2, 0.25) is 15.9 Å². The second kappa shape index (κ2) is 8.73. The van der Waals surface area contributed by atoms with Crippen molar-refractivity contribution in [2.45, 2.75) is 37.7 Å². The molecule has 0 unspecified atom stereocenters. The molecule has 2 aliphatic heterocycles. The minimum Gasteiger partial charge on any atom is -0.479 e. The Morgan fingerprint density at radius 2 is 1.94 bits per heavy atom. The first-order chi connectivity index (χ1) is 15.1. The van der Waals surface area contributed by atoms with Gasteiger partial charge >= 0.3 is 0 Å². The lowest BCUT2D eigenvalue weighted by molar-refractivity contribution is -0.123. The average Bonchev–Trinajstić information content (AvgIpc) is 2.74. The Morgan fingerprint density at radius 1 is 1.22 bits per heavy atom. The van der Waals surface area contributed by atoms with Gasteiger partial charge in [-0.2, -0.15) is 4.31 Å². The zero-order valence-electron chi connectivity index (χ0n) is 17.7. The number of ether oxygens (including phenoxy) is 1. The molecule has 2 aliphatic rings. The highest BCUT2D eigenvalue weighted by Crippen LogP contribution is 2.36. The number of fused-ring (bicyclic) bond motifs is 1. The number of sulfonamides is 1. The lowest BCUT2D eigenvalue weighted by atomic mass is 9.97. The number of aryl methyl sites for hydroxylation is 1. The van der Waals surface area contributed by atoms with Gasteiger partial charge in [-0.1, -0.05) is 17.7 Å². The Kier molecular flexibility index (Phi) is 6.15. The highest BCUT2D eigenvalue weighted by Gasteiger charge is 2.34. The highest BCUT2D eigenvalue weighted by atomic mass is 35.5. The van der Waals surface area contributed by atoms with Crippen LogP contribution in [-0.4, -0.2) is 43.7 Å². The summed E-state index contributed by atoms with van der Waals surface area (Å²) in [4.78, 5) is 24.6. The fourth-order valence-corrected chi connectivity index (χ4v) is 5.81. The van der Waals surface area contributed by atoms with Crippen LogP contribution in [0.5, 0.6) is 5.75 Å². The van der Waals surface area contributed by atoms with Gasteiger partial charge in [-0.15, -0.1) is 0 Å². The molecule has 170 valence electrons. The number of rotatable bonds is 4. The van der Waals surface area contributed by atoms with Crippen LogP contribution in [0.1, 0.15) is 25.3 Å². The standard InChI is InChI=1S/C22H24ClN3O5S/c1-13-10-18-19(31-14(2)21(27)25-18)12-20(13)32(29,30)26-8-6-15(7-9-26)22(28)24-17-5-3-4-16(23)11-17/h3-5,10-12,14-15H,6-9H2,1-2H3,(H,24,28)(H,25,27)/t14-/m1/s1. The van der Waals surface area contributed by atoms with E-state index in [1.807, 2.05) is 0 Å². The molecule has 8 nitrogen and oxygen atoms in total. The summed E-state index contributed by atoms with van der Waals surface area (Å²) in [5.74, 6) is -0.375. The van der Waals surface area contributed by atoms with Crippen molar-refractivity contribution in [1.82, 2.24) is 4.31 Å². The van der Waals surface area contributed by atoms with Gasteiger partial charge in [0.15, 0.2) is 6.10 Å². The molecule has 0 aromatic heterocycles. The lowest BCUT2D eigenvalue weighted by Gasteiger charge is -2.31. The van der Waals surface area contributed by atoms with E-state index < -0.39 is 16.1 Å². The molecule has 2 aromatic carbocycles. The first-order valence-corrected chi connectivity index (χ1v) is 12.2. The van der Waals surface area contributed by atoms with Gasteiger partial charge in [0.05, 0.1) is 10.6 Å². The van der Waals surface area contributed by atoms with E-state index in [1.165, 1.54) is 10.4 Å². The van der Waals surface area contributed by atoms with Crippen LogP contribution in [0.25, 0.3) is 0 Å². The van der Waals surface area contributed by atoms with Gasteiger partial charge < -0.3 is 15.4 Å². The van der Waals surface area contributed by atoms with Gasteiger partial charge in [-0.25, -0.2) is 8.42 Å². The second-order valence-corrected chi connectivity index (χ2v) is 10.4. The van der Waals surface area contributed by atoms with Gasteiger partial charge in [0.1, 0.15) is 5.75 Å². The Hall–Kier alpha value is -2.62. The second-order valence-electron chi connectivity index (χ2n) is 8.04. The van der Waals surface area contributed by atoms with Crippen molar-refractivity contribution in [2.24, 2.45) is 5.92 Å². The fraction of sp³-hybridized carbons (Fsp3) is 0.364. The largest absolute Gasteiger partial charge is 0.479 e. The van der Waals surface area contributed by atoms with E-state index in [0.29, 0.717) is 40.6 Å². The van der Waals surface area contributed by atoms with Crippen molar-refractivity contribution < 1.29 is 22.7 Å². The van der Waals surface area contributed by atoms with E-state index in [-0.39, 0.29) is 35.7 Å². The molecule has 1 fully saturated rings. The summed E-state index contributed by atoms with van der Waals surface area (Å²) in [5, 5.41) is 6.10. The number of nitrogens with one attached hydrogen (secondary N) is 2. The molecule has 10 heteroatoms. The minimum absolute atomic E-state index is 0.140. The lowest BCUT2D eigenvalue weighted by Crippen LogP contribution is -2.41. The summed E-state index contributed by atoms with van der Waals surface area (Å²) < 4.78 is 33.6. The van der Waals surface area contributed by atoms with Crippen LogP contribution in [0.3, 0.4) is 0 Å². The zero-order chi connectivity index (χ0) is 23.0. The van der Waals surface area contributed by atoms with Crippen LogP contribution >= 0.6 is 11.6 Å². The summed E-state index contributed by atoms with van der Waals surface area (Å²) in [7, 11) is -3.78. The topological polar surface area (TPSA) is 105 Å². The summed E-state index contributed by atoms with van der Waals surface area (Å²) in [6.07, 6.45) is 0.132. The normalized spacial score (nSPS) is 19.6. The quantitative estimate of drug-likeness (QED) is 0.702. The number of nitrogens with zero attached hydrogens (tertiary/aromatic N) is 1. The summed E-state index contributed by atoms with van der Waals surface area (Å²) in [5.41, 5.74) is 1.59. The number of anilines is 2. The predicted molar refractivity (Wildman–Crippen MR) is 121 cm³/mol. The number of hydrogen-bond donors (Lipinski definition) is 2. The van der Waals surface area contributed by atoms with Gasteiger partial charge in [0, 0.05) is 35.8 Å². The molecular weight excluding hydrogens is 454 g/mol. The molecule has 2 aromatic rings. The average molecular weight is 478 g/mol. The van der Waals surface area contributed by atoms with Crippen molar-refractivity contribution in [1.29, 1.82) is 0 Å². The minimum atomic E-state index is -3.78. The zero-order valence-corrected chi connectivity index (χ0v) is 19.3. The van der Waals surface area contributed by atoms with Crippen LogP contribution in [0.2, 0.25) is 5.02 Å². The first-order valence-electron chi connectivity index (χ1n) is 10.3. The molecule has 2 N–H and O–H groups in total. The maximum absolute atomic E-state index is 13.3. The molecule has 0 radical (unpaired) electrons. The van der Waals surface area contributed by atoms with Crippen LogP contribution in [-0.2, 0) is 19.6 Å². The van der Waals surface area contributed by atoms with E-state index in [9.17, 15) is 18.0 Å². The van der Waals surface area contributed by atoms with Gasteiger partial charge in [-0.05, 0) is 56.5 Å². The number of carbonyl (C=O) groups is 2. The van der Waals surface area contributed by atoms with Crippen molar-refractivity contribution in [2.75, 3.05) is 23.7 Å². The molecule has 2 amide bonds. The Labute approximate surface area is 191 Å². The number of amides is 2. The summed E-state index contributed by atoms with van der Waals surface area (Å²) in [6, 6.07) is 9.98. The Bertz CT molecular complexity index is 1180. The molecule has 0 bridgehead atoms. The third kappa shape index (κ3) is 4.46. The molecule has 1 atom stereocenters. The molecule has 2 heterocycles. The molecule has 0 spiro atoms. The van der Waals surface area contributed by atoms with E-state index in [1.54, 1.807) is 44.2 Å². The third-order valence-electron chi connectivity index (χ3n) is 5.74. The van der Waals surface area contributed by atoms with Gasteiger partial charge in [0.25, 0.3) is 5.91 Å². The van der Waals surface area contributed by atoms with Crippen molar-refractivity contribution >= 4 is 44.8 Å². The van der Waals surface area contributed by atoms with Crippen LogP contribution in [0.4, 0.5) is 11.4 Å². The number of piperidine rings is 1. The number of halogens is 1. The molecule has 0 aliphatic carbocycles. The molecule has 32 heavy (non-hydrogen) atoms. The SMILES string of the molecule is Cc1cc2c(cc1S(=O)(=O)N1CCC(C(=O)Nc3cccc(Cl)c3)CC1)O[C@H](C)C(=O)N2. The molecular formula is C22H24ClN3O5S. The molecule has 1 saturated heterocycles. The number of hydrogen-bond acceptors (Lipinski definition) is 5. The van der Waals surface area contributed by atoms with Crippen molar-refractivity contribution in [3.63, 3.8) is 0 Å². The van der Waals surface area contributed by atoms with Crippen LogP contribution in [0.15, 0.2) is 41.3 Å². The Morgan fingerprint density at radius 3 is 2.62 bits per heavy atom. The first kappa shape index (κ1) is 22.6. The summed E-state index contributed by atoms with van der Waals surface area (Å²) >= 11 is 5.96. The maximum Gasteiger partial charge on any atom is 0.265 e. The monoisotopic (exact) mass is 477 g/mol. The number of benzene rings is 2. The fourth-order valence-electron chi connectivity index (χ4n) is 3.93. The van der Waals surface area contributed by atoms with Crippen molar-refractivity contribution in [3.05, 3.63) is 47.0 Å². The predicted octanol–water partition coefficient (Wildman–Crippen LogP) is 3.41. The summed E-state index contributed by atoms with van der Waals surface area (Å²) in [6.45, 7) is 3.76. The van der Waals surface area contributed by atoms with E-state index >= 15 is 0 Å². The maximum atomic E-state index is 13.3. The Balaban J connectivity index is 1.46. The molecule has 4 rings (SSSR count). The van der Waals surface area contributed by atoms with Crippen molar-refractivity contribution in [3.8, 4) is 5.75 Å².